The lowest BCUT2D eigenvalue weighted by Gasteiger charge is -2.43. The predicted molar refractivity (Wildman–Crippen MR) is 137 cm³/mol. The van der Waals surface area contributed by atoms with E-state index in [0.29, 0.717) is 32.4 Å². The fourth-order valence-corrected chi connectivity index (χ4v) is 6.98. The van der Waals surface area contributed by atoms with Gasteiger partial charge in [0, 0.05) is 65.5 Å². The van der Waals surface area contributed by atoms with Crippen LogP contribution in [0.3, 0.4) is 0 Å². The number of rotatable bonds is 3. The molecule has 3 aliphatic rings. The van der Waals surface area contributed by atoms with Gasteiger partial charge in [-0.1, -0.05) is 11.6 Å². The lowest BCUT2D eigenvalue weighted by atomic mass is 9.95. The largest absolute Gasteiger partial charge is 0.417 e. The summed E-state index contributed by atoms with van der Waals surface area (Å²) in [4.78, 5) is 19.5. The molecule has 208 valence electrons. The van der Waals surface area contributed by atoms with Crippen molar-refractivity contribution in [1.29, 1.82) is 0 Å². The Hall–Kier alpha value is -2.45. The second kappa shape index (κ2) is 9.88. The average Bonchev–Trinajstić information content (AvgIpc) is 3.08. The Kier molecular flexibility index (Phi) is 6.78. The molecular formula is C25H22ClF5N4O3S. The zero-order valence-electron chi connectivity index (χ0n) is 20.4. The number of fused-ring (bicyclic) bond motifs is 2. The maximum Gasteiger partial charge on any atom is 0.417 e. The van der Waals surface area contributed by atoms with Crippen LogP contribution in [0, 0.1) is 11.6 Å². The first-order valence-electron chi connectivity index (χ1n) is 12.1. The zero-order chi connectivity index (χ0) is 27.6. The second-order valence-corrected chi connectivity index (χ2v) is 11.2. The quantitative estimate of drug-likeness (QED) is 0.361. The molecular weight excluding hydrogens is 567 g/mol. The van der Waals surface area contributed by atoms with Gasteiger partial charge in [-0.15, -0.1) is 11.8 Å². The van der Waals surface area contributed by atoms with E-state index in [2.05, 4.69) is 10.3 Å². The molecule has 0 amide bonds. The molecule has 7 nitrogen and oxygen atoms in total. The van der Waals surface area contributed by atoms with Crippen LogP contribution < -0.4 is 15.9 Å². The van der Waals surface area contributed by atoms with Crippen molar-refractivity contribution in [2.75, 3.05) is 44.1 Å². The minimum absolute atomic E-state index is 0.0281. The molecule has 0 saturated carbocycles. The summed E-state index contributed by atoms with van der Waals surface area (Å²) in [6, 6.07) is 2.04. The highest BCUT2D eigenvalue weighted by atomic mass is 35.5. The zero-order valence-corrected chi connectivity index (χ0v) is 22.0. The van der Waals surface area contributed by atoms with E-state index in [1.54, 1.807) is 4.90 Å². The van der Waals surface area contributed by atoms with Gasteiger partial charge in [0.2, 0.25) is 0 Å². The first kappa shape index (κ1) is 26.8. The molecule has 2 saturated heterocycles. The van der Waals surface area contributed by atoms with Gasteiger partial charge in [-0.3, -0.25) is 4.57 Å². The lowest BCUT2D eigenvalue weighted by Crippen LogP contribution is -2.63. The van der Waals surface area contributed by atoms with E-state index in [0.717, 1.165) is 23.9 Å². The van der Waals surface area contributed by atoms with Crippen LogP contribution in [0.2, 0.25) is 5.02 Å². The maximum atomic E-state index is 15.1. The van der Waals surface area contributed by atoms with Crippen LogP contribution in [-0.4, -0.2) is 66.9 Å². The Morgan fingerprint density at radius 2 is 1.85 bits per heavy atom. The SMILES string of the molecule is CO[C@@H]1CSc2c(-c3cc(Cl)c(F)cc3F)c(C(F)(F)F)cc3c(N4CC5COCC(C4)N5)nc(=O)n(c23)C1. The van der Waals surface area contributed by atoms with Crippen molar-refractivity contribution in [2.45, 2.75) is 35.8 Å². The van der Waals surface area contributed by atoms with E-state index in [-0.39, 0.29) is 46.0 Å². The molecule has 3 aromatic rings. The smallest absolute Gasteiger partial charge is 0.379 e. The third-order valence-corrected chi connectivity index (χ3v) is 8.72. The van der Waals surface area contributed by atoms with Crippen LogP contribution in [-0.2, 0) is 22.2 Å². The number of thioether (sulfide) groups is 1. The number of anilines is 1. The summed E-state index contributed by atoms with van der Waals surface area (Å²) >= 11 is 6.92. The van der Waals surface area contributed by atoms with Gasteiger partial charge in [-0.25, -0.2) is 13.6 Å². The molecule has 6 rings (SSSR count). The Morgan fingerprint density at radius 1 is 1.13 bits per heavy atom. The molecule has 1 aromatic heterocycles. The minimum atomic E-state index is -4.92. The second-order valence-electron chi connectivity index (χ2n) is 9.77. The van der Waals surface area contributed by atoms with Crippen LogP contribution in [0.15, 0.2) is 27.9 Å². The van der Waals surface area contributed by atoms with Crippen molar-refractivity contribution in [1.82, 2.24) is 14.9 Å². The molecule has 0 aliphatic carbocycles. The number of aromatic nitrogens is 2. The number of nitrogens with one attached hydrogen (secondary N) is 1. The number of halogens is 6. The van der Waals surface area contributed by atoms with Crippen molar-refractivity contribution >= 4 is 40.1 Å². The highest BCUT2D eigenvalue weighted by molar-refractivity contribution is 7.99. The molecule has 2 fully saturated rings. The van der Waals surface area contributed by atoms with E-state index in [1.807, 2.05) is 0 Å². The van der Waals surface area contributed by atoms with Crippen molar-refractivity contribution in [3.8, 4) is 11.1 Å². The third-order valence-electron chi connectivity index (χ3n) is 7.21. The summed E-state index contributed by atoms with van der Waals surface area (Å²) in [5.74, 6) is -2.00. The Bertz CT molecular complexity index is 1520. The number of nitrogens with zero attached hydrogens (tertiary/aromatic N) is 3. The Balaban J connectivity index is 1.70. The molecule has 3 atom stereocenters. The van der Waals surface area contributed by atoms with Gasteiger partial charge < -0.3 is 19.7 Å². The standard InChI is InChI=1S/C25H22ClF5N4O3S/c1-37-13-7-35-21-15(23(33-24(35)36)34-5-11-8-38-9-12(6-34)32-11)2-16(25(29,30)31)20(22(21)39-10-13)14-3-17(26)19(28)4-18(14)27/h2-4,11-13,32H,5-10H2,1H3/t11?,12?,13-/m0/s1. The topological polar surface area (TPSA) is 68.6 Å². The van der Waals surface area contributed by atoms with E-state index in [9.17, 15) is 22.4 Å². The molecule has 2 bridgehead atoms. The molecule has 14 heteroatoms. The van der Waals surface area contributed by atoms with Gasteiger partial charge in [-0.2, -0.15) is 18.2 Å². The maximum absolute atomic E-state index is 15.1. The van der Waals surface area contributed by atoms with E-state index in [4.69, 9.17) is 21.1 Å². The number of alkyl halides is 3. The van der Waals surface area contributed by atoms with Gasteiger partial charge >= 0.3 is 11.9 Å². The van der Waals surface area contributed by atoms with Crippen molar-refractivity contribution in [3.05, 3.63) is 50.9 Å². The fraction of sp³-hybridized carbons (Fsp3) is 0.440. The minimum Gasteiger partial charge on any atom is -0.379 e. The van der Waals surface area contributed by atoms with Crippen LogP contribution in [0.1, 0.15) is 5.56 Å². The summed E-state index contributed by atoms with van der Waals surface area (Å²) in [6.45, 7) is 1.62. The number of benzene rings is 2. The third kappa shape index (κ3) is 4.67. The van der Waals surface area contributed by atoms with Gasteiger partial charge in [0.25, 0.3) is 0 Å². The van der Waals surface area contributed by atoms with Crippen LogP contribution in [0.5, 0.6) is 0 Å². The van der Waals surface area contributed by atoms with Crippen LogP contribution in [0.25, 0.3) is 22.0 Å². The Morgan fingerprint density at radius 3 is 2.51 bits per heavy atom. The van der Waals surface area contributed by atoms with E-state index >= 15 is 4.39 Å². The number of methoxy groups -OCH3 is 1. The first-order valence-corrected chi connectivity index (χ1v) is 13.5. The first-order chi connectivity index (χ1) is 18.5. The van der Waals surface area contributed by atoms with Gasteiger partial charge in [0.15, 0.2) is 0 Å². The van der Waals surface area contributed by atoms with Gasteiger partial charge in [0.1, 0.15) is 17.5 Å². The normalized spacial score (nSPS) is 23.3. The fourth-order valence-electron chi connectivity index (χ4n) is 5.50. The summed E-state index contributed by atoms with van der Waals surface area (Å²) in [5, 5.41) is 2.99. The average molecular weight is 589 g/mol. The van der Waals surface area contributed by atoms with Crippen LogP contribution >= 0.6 is 23.4 Å². The molecule has 2 unspecified atom stereocenters. The number of piperazine rings is 1. The summed E-state index contributed by atoms with van der Waals surface area (Å²) in [6.07, 6.45) is -5.46. The summed E-state index contributed by atoms with van der Waals surface area (Å²) in [7, 11) is 1.44. The number of hydrogen-bond acceptors (Lipinski definition) is 7. The Labute approximate surface area is 228 Å². The van der Waals surface area contributed by atoms with E-state index < -0.39 is 51.3 Å². The highest BCUT2D eigenvalue weighted by Crippen LogP contribution is 2.49. The molecule has 4 heterocycles. The molecule has 2 aromatic carbocycles. The molecule has 3 aliphatic heterocycles. The molecule has 1 N–H and O–H groups in total. The summed E-state index contributed by atoms with van der Waals surface area (Å²) in [5.41, 5.74) is -2.63. The van der Waals surface area contributed by atoms with Crippen molar-refractivity contribution in [2.24, 2.45) is 0 Å². The van der Waals surface area contributed by atoms with Crippen molar-refractivity contribution in [3.63, 3.8) is 0 Å². The van der Waals surface area contributed by atoms with Gasteiger partial charge in [-0.05, 0) is 12.1 Å². The number of ether oxygens (including phenoxy) is 2. The highest BCUT2D eigenvalue weighted by Gasteiger charge is 2.40. The predicted octanol–water partition coefficient (Wildman–Crippen LogP) is 4.31. The van der Waals surface area contributed by atoms with Crippen molar-refractivity contribution < 1.29 is 31.4 Å². The summed E-state index contributed by atoms with van der Waals surface area (Å²) < 4.78 is 85.6. The monoisotopic (exact) mass is 588 g/mol. The van der Waals surface area contributed by atoms with E-state index in [1.165, 1.54) is 11.7 Å². The molecule has 0 radical (unpaired) electrons. The molecule has 0 spiro atoms. The number of morpholine rings is 1. The van der Waals surface area contributed by atoms with Crippen LogP contribution in [0.4, 0.5) is 27.8 Å². The lowest BCUT2D eigenvalue weighted by molar-refractivity contribution is -0.137. The van der Waals surface area contributed by atoms with Gasteiger partial charge in [0.05, 0.1) is 42.0 Å². The molecule has 39 heavy (non-hydrogen) atoms. The number of hydrogen-bond donors (Lipinski definition) is 1.